The highest BCUT2D eigenvalue weighted by Crippen LogP contribution is 2.26. The smallest absolute Gasteiger partial charge is 0.182 e. The van der Waals surface area contributed by atoms with Crippen LogP contribution in [0.4, 0.5) is 5.13 Å². The van der Waals surface area contributed by atoms with Crippen molar-refractivity contribution in [2.75, 3.05) is 5.73 Å². The number of nitrogens with two attached hydrogens (primary N) is 1. The zero-order valence-electron chi connectivity index (χ0n) is 9.33. The Morgan fingerprint density at radius 2 is 2.11 bits per heavy atom. The highest BCUT2D eigenvalue weighted by Gasteiger charge is 2.05. The molecule has 0 bridgehead atoms. The summed E-state index contributed by atoms with van der Waals surface area (Å²) in [6, 6.07) is 9.30. The van der Waals surface area contributed by atoms with Gasteiger partial charge in [0.2, 0.25) is 0 Å². The van der Waals surface area contributed by atoms with E-state index >= 15 is 0 Å². The second-order valence-electron chi connectivity index (χ2n) is 3.84. The summed E-state index contributed by atoms with van der Waals surface area (Å²) in [4.78, 5) is 20.1. The summed E-state index contributed by atoms with van der Waals surface area (Å²) in [6.45, 7) is 0. The Hall–Kier alpha value is -2.27. The Kier molecular flexibility index (Phi) is 2.53. The van der Waals surface area contributed by atoms with Crippen molar-refractivity contribution in [1.82, 2.24) is 9.97 Å². The average molecular weight is 255 g/mol. The second kappa shape index (κ2) is 4.19. The van der Waals surface area contributed by atoms with Gasteiger partial charge in [0.15, 0.2) is 5.13 Å². The Labute approximate surface area is 107 Å². The molecule has 3 rings (SSSR count). The van der Waals surface area contributed by atoms with E-state index in [-0.39, 0.29) is 0 Å². The van der Waals surface area contributed by atoms with Gasteiger partial charge in [0.1, 0.15) is 16.6 Å². The first-order valence-corrected chi connectivity index (χ1v) is 6.15. The van der Waals surface area contributed by atoms with Gasteiger partial charge in [0, 0.05) is 17.3 Å². The van der Waals surface area contributed by atoms with E-state index in [1.54, 1.807) is 12.3 Å². The number of aldehydes is 1. The van der Waals surface area contributed by atoms with Crippen molar-refractivity contribution in [3.8, 4) is 11.1 Å². The van der Waals surface area contributed by atoms with Crippen LogP contribution in [-0.4, -0.2) is 16.3 Å². The summed E-state index contributed by atoms with van der Waals surface area (Å²) < 4.78 is 0. The number of fused-ring (bicyclic) bond motifs is 1. The zero-order valence-corrected chi connectivity index (χ0v) is 10.1. The van der Waals surface area contributed by atoms with Gasteiger partial charge in [-0.3, -0.25) is 4.79 Å². The van der Waals surface area contributed by atoms with Crippen molar-refractivity contribution in [3.63, 3.8) is 0 Å². The molecule has 4 nitrogen and oxygen atoms in total. The molecule has 18 heavy (non-hydrogen) atoms. The molecule has 0 aliphatic heterocycles. The van der Waals surface area contributed by atoms with E-state index in [1.807, 2.05) is 24.3 Å². The van der Waals surface area contributed by atoms with Gasteiger partial charge in [-0.1, -0.05) is 29.5 Å². The van der Waals surface area contributed by atoms with Crippen LogP contribution in [0.5, 0.6) is 0 Å². The molecule has 0 saturated carbocycles. The van der Waals surface area contributed by atoms with Gasteiger partial charge in [-0.25, -0.2) is 9.97 Å². The van der Waals surface area contributed by atoms with Crippen molar-refractivity contribution in [2.45, 2.75) is 0 Å². The van der Waals surface area contributed by atoms with Crippen molar-refractivity contribution in [1.29, 1.82) is 0 Å². The molecule has 2 aromatic heterocycles. The normalized spacial score (nSPS) is 10.7. The first-order chi connectivity index (χ1) is 8.76. The number of rotatable bonds is 2. The van der Waals surface area contributed by atoms with Crippen LogP contribution in [0.25, 0.3) is 21.5 Å². The van der Waals surface area contributed by atoms with Gasteiger partial charge in [-0.05, 0) is 17.7 Å². The average Bonchev–Trinajstić information content (AvgIpc) is 2.77. The molecule has 2 heterocycles. The molecular formula is C13H9N3OS. The molecule has 5 heteroatoms. The lowest BCUT2D eigenvalue weighted by Crippen LogP contribution is -1.84. The van der Waals surface area contributed by atoms with Crippen molar-refractivity contribution >= 4 is 33.1 Å². The van der Waals surface area contributed by atoms with Crippen LogP contribution in [-0.2, 0) is 0 Å². The van der Waals surface area contributed by atoms with E-state index < -0.39 is 0 Å². The SMILES string of the molecule is Nc1nc2cc(-c3cccc(C=O)c3)cnc2s1. The summed E-state index contributed by atoms with van der Waals surface area (Å²) in [5.41, 5.74) is 8.95. The highest BCUT2D eigenvalue weighted by molar-refractivity contribution is 7.21. The lowest BCUT2D eigenvalue weighted by molar-refractivity contribution is 0.112. The molecule has 0 fully saturated rings. The number of nitrogens with zero attached hydrogens (tertiary/aromatic N) is 2. The van der Waals surface area contributed by atoms with Crippen LogP contribution in [0.3, 0.4) is 0 Å². The van der Waals surface area contributed by atoms with Crippen molar-refractivity contribution in [2.24, 2.45) is 0 Å². The second-order valence-corrected chi connectivity index (χ2v) is 4.85. The number of nitrogen functional groups attached to an aromatic ring is 1. The molecule has 0 amide bonds. The first-order valence-electron chi connectivity index (χ1n) is 5.34. The number of thiazole rings is 1. The minimum Gasteiger partial charge on any atom is -0.375 e. The lowest BCUT2D eigenvalue weighted by Gasteiger charge is -2.01. The molecule has 88 valence electrons. The molecule has 0 radical (unpaired) electrons. The Bertz CT molecular complexity index is 736. The maximum Gasteiger partial charge on any atom is 0.182 e. The minimum absolute atomic E-state index is 0.510. The van der Waals surface area contributed by atoms with E-state index in [1.165, 1.54) is 11.3 Å². The summed E-state index contributed by atoms with van der Waals surface area (Å²) in [7, 11) is 0. The lowest BCUT2D eigenvalue weighted by atomic mass is 10.1. The summed E-state index contributed by atoms with van der Waals surface area (Å²) in [5, 5.41) is 0.510. The highest BCUT2D eigenvalue weighted by atomic mass is 32.1. The van der Waals surface area contributed by atoms with Crippen LogP contribution in [0.1, 0.15) is 10.4 Å². The first kappa shape index (κ1) is 10.9. The third-order valence-electron chi connectivity index (χ3n) is 2.62. The maximum atomic E-state index is 10.8. The standard InChI is InChI=1S/C13H9N3OS/c14-13-16-11-5-10(6-15-12(11)18-13)9-3-1-2-8(4-9)7-17/h1-7H,(H2,14,16). The molecule has 0 aliphatic carbocycles. The largest absolute Gasteiger partial charge is 0.375 e. The van der Waals surface area contributed by atoms with E-state index in [9.17, 15) is 4.79 Å². The number of pyridine rings is 1. The van der Waals surface area contributed by atoms with Gasteiger partial charge in [0.25, 0.3) is 0 Å². The summed E-state index contributed by atoms with van der Waals surface area (Å²) >= 11 is 1.36. The van der Waals surface area contributed by atoms with Gasteiger partial charge in [0.05, 0.1) is 0 Å². The summed E-state index contributed by atoms with van der Waals surface area (Å²) in [6.07, 6.45) is 2.60. The minimum atomic E-state index is 0.510. The molecule has 0 saturated heterocycles. The van der Waals surface area contributed by atoms with Crippen LogP contribution < -0.4 is 5.73 Å². The van der Waals surface area contributed by atoms with Crippen molar-refractivity contribution in [3.05, 3.63) is 42.1 Å². The number of aromatic nitrogens is 2. The van der Waals surface area contributed by atoms with Gasteiger partial charge >= 0.3 is 0 Å². The molecule has 0 unspecified atom stereocenters. The predicted octanol–water partition coefficient (Wildman–Crippen LogP) is 2.75. The Morgan fingerprint density at radius 1 is 1.22 bits per heavy atom. The molecule has 0 aliphatic rings. The summed E-state index contributed by atoms with van der Waals surface area (Å²) in [5.74, 6) is 0. The van der Waals surface area contributed by atoms with Crippen LogP contribution in [0.15, 0.2) is 36.5 Å². The van der Waals surface area contributed by atoms with Crippen molar-refractivity contribution < 1.29 is 4.79 Å². The number of carbonyl (C=O) groups is 1. The molecule has 0 atom stereocenters. The van der Waals surface area contributed by atoms with Crippen LogP contribution in [0, 0.1) is 0 Å². The number of hydrogen-bond acceptors (Lipinski definition) is 5. The van der Waals surface area contributed by atoms with Gasteiger partial charge in [-0.2, -0.15) is 0 Å². The maximum absolute atomic E-state index is 10.8. The quantitative estimate of drug-likeness (QED) is 0.715. The molecule has 2 N–H and O–H groups in total. The Balaban J connectivity index is 2.15. The molecule has 3 aromatic rings. The molecular weight excluding hydrogens is 246 g/mol. The molecule has 1 aromatic carbocycles. The number of anilines is 1. The van der Waals surface area contributed by atoms with Crippen LogP contribution >= 0.6 is 11.3 Å². The zero-order chi connectivity index (χ0) is 12.5. The number of benzene rings is 1. The monoisotopic (exact) mass is 255 g/mol. The van der Waals surface area contributed by atoms with E-state index in [0.29, 0.717) is 10.7 Å². The third-order valence-corrected chi connectivity index (χ3v) is 3.43. The third kappa shape index (κ3) is 1.84. The van der Waals surface area contributed by atoms with E-state index in [0.717, 1.165) is 27.8 Å². The van der Waals surface area contributed by atoms with E-state index in [4.69, 9.17) is 5.73 Å². The predicted molar refractivity (Wildman–Crippen MR) is 72.7 cm³/mol. The topological polar surface area (TPSA) is 68.9 Å². The van der Waals surface area contributed by atoms with Gasteiger partial charge in [-0.15, -0.1) is 0 Å². The fourth-order valence-corrected chi connectivity index (χ4v) is 2.45. The fourth-order valence-electron chi connectivity index (χ4n) is 1.79. The molecule has 0 spiro atoms. The van der Waals surface area contributed by atoms with E-state index in [2.05, 4.69) is 9.97 Å². The van der Waals surface area contributed by atoms with Gasteiger partial charge < -0.3 is 5.73 Å². The number of carbonyl (C=O) groups excluding carboxylic acids is 1. The number of hydrogen-bond donors (Lipinski definition) is 1. The fraction of sp³-hybridized carbons (Fsp3) is 0. The van der Waals surface area contributed by atoms with Crippen LogP contribution in [0.2, 0.25) is 0 Å². The Morgan fingerprint density at radius 3 is 2.94 bits per heavy atom.